The number of thiazole rings is 1. The second kappa shape index (κ2) is 9.87. The van der Waals surface area contributed by atoms with Crippen molar-refractivity contribution in [3.8, 4) is 11.5 Å². The molecule has 0 aliphatic carbocycles. The van der Waals surface area contributed by atoms with Gasteiger partial charge >= 0.3 is 11.9 Å². The molecule has 2 aromatic carbocycles. The minimum atomic E-state index is -1.05. The van der Waals surface area contributed by atoms with E-state index < -0.39 is 23.7 Å². The summed E-state index contributed by atoms with van der Waals surface area (Å²) in [5.41, 5.74) is 0.972. The Hall–Kier alpha value is -3.89. The van der Waals surface area contributed by atoms with Gasteiger partial charge in [0.15, 0.2) is 16.6 Å². The molecule has 1 saturated heterocycles. The molecule has 3 heterocycles. The molecular weight excluding hydrogens is 520 g/mol. The summed E-state index contributed by atoms with van der Waals surface area (Å²) in [5.74, 6) is -1.83. The predicted molar refractivity (Wildman–Crippen MR) is 136 cm³/mol. The van der Waals surface area contributed by atoms with E-state index in [9.17, 15) is 19.5 Å². The fraction of sp³-hybridized carbons (Fsp3) is 0.231. The fourth-order valence-corrected chi connectivity index (χ4v) is 5.43. The molecule has 1 amide bonds. The van der Waals surface area contributed by atoms with Gasteiger partial charge < -0.3 is 19.3 Å². The Balaban J connectivity index is 1.67. The van der Waals surface area contributed by atoms with Crippen molar-refractivity contribution in [3.05, 3.63) is 74.8 Å². The van der Waals surface area contributed by atoms with E-state index in [1.807, 2.05) is 0 Å². The summed E-state index contributed by atoms with van der Waals surface area (Å²) >= 11 is 7.18. The smallest absolute Gasteiger partial charge is 0.350 e. The summed E-state index contributed by atoms with van der Waals surface area (Å²) in [6, 6.07) is 10.4. The van der Waals surface area contributed by atoms with Crippen molar-refractivity contribution in [2.45, 2.75) is 19.9 Å². The van der Waals surface area contributed by atoms with Gasteiger partial charge in [-0.25, -0.2) is 9.78 Å². The van der Waals surface area contributed by atoms with Gasteiger partial charge in [-0.05, 0) is 49.7 Å². The molecule has 0 radical (unpaired) electrons. The van der Waals surface area contributed by atoms with Crippen molar-refractivity contribution >= 4 is 51.5 Å². The van der Waals surface area contributed by atoms with Gasteiger partial charge in [-0.15, -0.1) is 0 Å². The summed E-state index contributed by atoms with van der Waals surface area (Å²) in [6.07, 6.45) is 0. The van der Waals surface area contributed by atoms with Crippen molar-refractivity contribution in [2.24, 2.45) is 0 Å². The number of halogens is 1. The Morgan fingerprint density at radius 3 is 2.68 bits per heavy atom. The summed E-state index contributed by atoms with van der Waals surface area (Å²) in [4.78, 5) is 44.9. The first-order valence-electron chi connectivity index (χ1n) is 11.4. The molecule has 0 saturated carbocycles. The number of esters is 1. The zero-order valence-electron chi connectivity index (χ0n) is 19.8. The van der Waals surface area contributed by atoms with Crippen LogP contribution in [0.3, 0.4) is 0 Å². The molecule has 1 atom stereocenters. The summed E-state index contributed by atoms with van der Waals surface area (Å²) in [6.45, 7) is 4.22. The molecule has 0 bridgehead atoms. The van der Waals surface area contributed by atoms with E-state index in [1.54, 1.807) is 56.3 Å². The number of benzene rings is 2. The van der Waals surface area contributed by atoms with Crippen molar-refractivity contribution in [1.29, 1.82) is 0 Å². The molecule has 190 valence electrons. The van der Waals surface area contributed by atoms with Crippen LogP contribution in [-0.2, 0) is 14.3 Å². The van der Waals surface area contributed by atoms with Gasteiger partial charge in [0.05, 0.1) is 23.9 Å². The number of Topliss-reactive ketones (excluding diaryl/α,β-unsaturated/α-hetero) is 1. The molecule has 9 nitrogen and oxygen atoms in total. The lowest BCUT2D eigenvalue weighted by atomic mass is 9.95. The van der Waals surface area contributed by atoms with Gasteiger partial charge in [-0.3, -0.25) is 14.5 Å². The van der Waals surface area contributed by atoms with Gasteiger partial charge in [0.1, 0.15) is 23.9 Å². The SMILES string of the molecule is CCOC(=O)c1sc(N2C(=O)C(=O)/C(=C(/O)c3ccc4c(c3)OCCO4)C2c2cccc(Cl)c2)nc1C. The molecule has 37 heavy (non-hydrogen) atoms. The molecule has 0 spiro atoms. The Kier molecular flexibility index (Phi) is 6.61. The molecule has 5 rings (SSSR count). The molecule has 1 aromatic heterocycles. The predicted octanol–water partition coefficient (Wildman–Crippen LogP) is 4.68. The molecule has 11 heteroatoms. The van der Waals surface area contributed by atoms with E-state index in [4.69, 9.17) is 25.8 Å². The standard InChI is InChI=1S/C26H21ClN2O7S/c1-3-34-25(33)23-13(2)28-26(37-23)29-20(14-5-4-6-16(27)11-14)19(22(31)24(29)32)21(30)15-7-8-17-18(12-15)36-10-9-35-17/h4-8,11-12,20,30H,3,9-10H2,1-2H3/b21-19+. The second-order valence-electron chi connectivity index (χ2n) is 8.21. The second-order valence-corrected chi connectivity index (χ2v) is 9.63. The molecule has 2 aliphatic rings. The number of hydrogen-bond acceptors (Lipinski definition) is 9. The van der Waals surface area contributed by atoms with E-state index in [2.05, 4.69) is 4.98 Å². The number of nitrogens with zero attached hydrogens (tertiary/aromatic N) is 2. The Labute approximate surface area is 220 Å². The van der Waals surface area contributed by atoms with Crippen molar-refractivity contribution < 1.29 is 33.7 Å². The van der Waals surface area contributed by atoms with Crippen LogP contribution in [0.15, 0.2) is 48.0 Å². The number of carbonyl (C=O) groups excluding carboxylic acids is 3. The number of aromatic nitrogens is 1. The number of amides is 1. The first kappa shape index (κ1) is 24.8. The van der Waals surface area contributed by atoms with Crippen LogP contribution in [0.1, 0.15) is 39.5 Å². The highest BCUT2D eigenvalue weighted by Gasteiger charge is 2.48. The van der Waals surface area contributed by atoms with E-state index in [1.165, 1.54) is 4.90 Å². The van der Waals surface area contributed by atoms with Gasteiger partial charge in [0, 0.05) is 10.6 Å². The van der Waals surface area contributed by atoms with Crippen molar-refractivity contribution in [3.63, 3.8) is 0 Å². The van der Waals surface area contributed by atoms with Crippen LogP contribution in [0.5, 0.6) is 11.5 Å². The highest BCUT2D eigenvalue weighted by Crippen LogP contribution is 2.45. The lowest BCUT2D eigenvalue weighted by molar-refractivity contribution is -0.132. The zero-order chi connectivity index (χ0) is 26.3. The third-order valence-corrected chi connectivity index (χ3v) is 7.25. The number of carbonyl (C=O) groups is 3. The van der Waals surface area contributed by atoms with Crippen molar-refractivity contribution in [1.82, 2.24) is 4.98 Å². The zero-order valence-corrected chi connectivity index (χ0v) is 21.4. The van der Waals surface area contributed by atoms with E-state index in [-0.39, 0.29) is 33.5 Å². The Morgan fingerprint density at radius 2 is 1.95 bits per heavy atom. The number of aliphatic hydroxyl groups excluding tert-OH is 1. The van der Waals surface area contributed by atoms with Crippen molar-refractivity contribution in [2.75, 3.05) is 24.7 Å². The van der Waals surface area contributed by atoms with Gasteiger partial charge in [0.2, 0.25) is 0 Å². The van der Waals surface area contributed by atoms with Crippen LogP contribution >= 0.6 is 22.9 Å². The summed E-state index contributed by atoms with van der Waals surface area (Å²) < 4.78 is 16.2. The highest BCUT2D eigenvalue weighted by molar-refractivity contribution is 7.17. The van der Waals surface area contributed by atoms with Crippen LogP contribution in [-0.4, -0.2) is 47.6 Å². The van der Waals surface area contributed by atoms with Crippen LogP contribution < -0.4 is 14.4 Å². The maximum atomic E-state index is 13.4. The minimum Gasteiger partial charge on any atom is -0.507 e. The first-order chi connectivity index (χ1) is 17.8. The number of rotatable bonds is 5. The Morgan fingerprint density at radius 1 is 1.19 bits per heavy atom. The maximum Gasteiger partial charge on any atom is 0.350 e. The molecule has 1 unspecified atom stereocenters. The third kappa shape index (κ3) is 4.42. The van der Waals surface area contributed by atoms with Crippen LogP contribution in [0.2, 0.25) is 5.02 Å². The number of hydrogen-bond donors (Lipinski definition) is 1. The lowest BCUT2D eigenvalue weighted by Crippen LogP contribution is -2.29. The van der Waals surface area contributed by atoms with Crippen LogP contribution in [0.25, 0.3) is 5.76 Å². The van der Waals surface area contributed by atoms with E-state index in [0.717, 1.165) is 11.3 Å². The van der Waals surface area contributed by atoms with Crippen LogP contribution in [0, 0.1) is 6.92 Å². The number of fused-ring (bicyclic) bond motifs is 1. The summed E-state index contributed by atoms with van der Waals surface area (Å²) in [5, 5.41) is 11.9. The minimum absolute atomic E-state index is 0.119. The average molecular weight is 541 g/mol. The maximum absolute atomic E-state index is 13.4. The fourth-order valence-electron chi connectivity index (χ4n) is 4.24. The first-order valence-corrected chi connectivity index (χ1v) is 12.6. The molecule has 2 aliphatic heterocycles. The number of ketones is 1. The molecule has 3 aromatic rings. The third-order valence-electron chi connectivity index (χ3n) is 5.88. The van der Waals surface area contributed by atoms with Gasteiger partial charge in [-0.1, -0.05) is 35.1 Å². The molecule has 1 N–H and O–H groups in total. The number of aliphatic hydroxyl groups is 1. The quantitative estimate of drug-likeness (QED) is 0.215. The van der Waals surface area contributed by atoms with E-state index in [0.29, 0.717) is 41.0 Å². The lowest BCUT2D eigenvalue weighted by Gasteiger charge is -2.23. The van der Waals surface area contributed by atoms with E-state index >= 15 is 0 Å². The average Bonchev–Trinajstić information content (AvgIpc) is 3.40. The normalized spacial score (nSPS) is 18.2. The highest BCUT2D eigenvalue weighted by atomic mass is 35.5. The summed E-state index contributed by atoms with van der Waals surface area (Å²) in [7, 11) is 0. The largest absolute Gasteiger partial charge is 0.507 e. The topological polar surface area (TPSA) is 115 Å². The molecular formula is C26H21ClN2O7S. The number of aryl methyl sites for hydroxylation is 1. The number of anilines is 1. The van der Waals surface area contributed by atoms with Gasteiger partial charge in [0.25, 0.3) is 5.78 Å². The number of ether oxygens (including phenoxy) is 3. The van der Waals surface area contributed by atoms with Crippen LogP contribution in [0.4, 0.5) is 5.13 Å². The Bertz CT molecular complexity index is 1460. The monoisotopic (exact) mass is 540 g/mol. The van der Waals surface area contributed by atoms with Gasteiger partial charge in [-0.2, -0.15) is 0 Å². The molecule has 1 fully saturated rings.